The van der Waals surface area contributed by atoms with Gasteiger partial charge in [-0.25, -0.2) is 18.1 Å². The van der Waals surface area contributed by atoms with E-state index in [4.69, 9.17) is 4.74 Å². The van der Waals surface area contributed by atoms with Crippen molar-refractivity contribution in [2.24, 2.45) is 0 Å². The molecule has 0 amide bonds. The van der Waals surface area contributed by atoms with Crippen LogP contribution in [0.2, 0.25) is 0 Å². The molecule has 2 aromatic rings. The minimum absolute atomic E-state index is 0.390. The second-order valence-electron chi connectivity index (χ2n) is 6.96. The fraction of sp³-hybridized carbons (Fsp3) is 0.450. The number of rotatable bonds is 9. The minimum Gasteiger partial charge on any atom is -0.494 e. The highest BCUT2D eigenvalue weighted by molar-refractivity contribution is 7.88. The van der Waals surface area contributed by atoms with Crippen molar-refractivity contribution in [3.63, 3.8) is 0 Å². The Hall–Kier alpha value is -2.16. The molecule has 1 aromatic heterocycles. The van der Waals surface area contributed by atoms with Crippen LogP contribution in [0.25, 0.3) is 0 Å². The monoisotopic (exact) mass is 404 g/mol. The van der Waals surface area contributed by atoms with Gasteiger partial charge in [0.15, 0.2) is 0 Å². The van der Waals surface area contributed by atoms with Crippen LogP contribution in [0, 0.1) is 0 Å². The van der Waals surface area contributed by atoms with E-state index in [1.54, 1.807) is 0 Å². The van der Waals surface area contributed by atoms with Gasteiger partial charge in [-0.3, -0.25) is 4.90 Å². The number of ether oxygens (including phenoxy) is 1. The lowest BCUT2D eigenvalue weighted by atomic mass is 10.2. The molecule has 1 aliphatic rings. The van der Waals surface area contributed by atoms with Crippen molar-refractivity contribution in [3.05, 3.63) is 54.2 Å². The topological polar surface area (TPSA) is 74.8 Å². The van der Waals surface area contributed by atoms with Gasteiger partial charge in [0.05, 0.1) is 12.9 Å². The van der Waals surface area contributed by atoms with Crippen molar-refractivity contribution in [2.75, 3.05) is 50.5 Å². The molecule has 2 heterocycles. The fourth-order valence-corrected chi connectivity index (χ4v) is 3.66. The third-order valence-electron chi connectivity index (χ3n) is 4.63. The fourth-order valence-electron chi connectivity index (χ4n) is 3.14. The van der Waals surface area contributed by atoms with Crippen LogP contribution < -0.4 is 14.4 Å². The van der Waals surface area contributed by atoms with Crippen LogP contribution in [0.1, 0.15) is 12.0 Å². The summed E-state index contributed by atoms with van der Waals surface area (Å²) in [5.74, 6) is 1.86. The van der Waals surface area contributed by atoms with E-state index < -0.39 is 10.0 Å². The third-order valence-corrected chi connectivity index (χ3v) is 5.36. The lowest BCUT2D eigenvalue weighted by Gasteiger charge is -2.35. The molecular weight excluding hydrogens is 376 g/mol. The maximum absolute atomic E-state index is 11.0. The molecule has 1 saturated heterocycles. The molecule has 0 radical (unpaired) electrons. The van der Waals surface area contributed by atoms with Crippen molar-refractivity contribution in [1.29, 1.82) is 0 Å². The van der Waals surface area contributed by atoms with Crippen molar-refractivity contribution >= 4 is 15.8 Å². The summed E-state index contributed by atoms with van der Waals surface area (Å²) in [6, 6.07) is 14.2. The molecule has 8 heteroatoms. The molecule has 152 valence electrons. The molecule has 7 nitrogen and oxygen atoms in total. The largest absolute Gasteiger partial charge is 0.494 e. The maximum Gasteiger partial charge on any atom is 0.208 e. The standard InChI is InChI=1S/C20H28N4O3S/c1-28(25,26)22-11-4-16-27-19-8-6-18(7-9-19)17-23-12-14-24(15-13-23)20-5-2-3-10-21-20/h2-3,5-10,22H,4,11-17H2,1H3. The quantitative estimate of drug-likeness (QED) is 0.642. The number of aromatic nitrogens is 1. The van der Waals surface area contributed by atoms with E-state index >= 15 is 0 Å². The zero-order valence-corrected chi connectivity index (χ0v) is 17.1. The van der Waals surface area contributed by atoms with Crippen molar-refractivity contribution < 1.29 is 13.2 Å². The molecule has 3 rings (SSSR count). The highest BCUT2D eigenvalue weighted by Gasteiger charge is 2.17. The number of pyridine rings is 1. The zero-order chi connectivity index (χ0) is 19.8. The van der Waals surface area contributed by atoms with Gasteiger partial charge in [0.25, 0.3) is 0 Å². The lowest BCUT2D eigenvalue weighted by molar-refractivity contribution is 0.249. The predicted molar refractivity (Wildman–Crippen MR) is 111 cm³/mol. The number of piperazine rings is 1. The van der Waals surface area contributed by atoms with Crippen LogP contribution in [0.3, 0.4) is 0 Å². The lowest BCUT2D eigenvalue weighted by Crippen LogP contribution is -2.46. The van der Waals surface area contributed by atoms with E-state index in [1.807, 2.05) is 30.5 Å². The molecule has 0 saturated carbocycles. The second-order valence-corrected chi connectivity index (χ2v) is 8.80. The third kappa shape index (κ3) is 6.78. The van der Waals surface area contributed by atoms with E-state index in [0.717, 1.165) is 50.5 Å². The first kappa shape index (κ1) is 20.6. The number of benzene rings is 1. The molecule has 1 aromatic carbocycles. The Morgan fingerprint density at radius 3 is 2.46 bits per heavy atom. The zero-order valence-electron chi connectivity index (χ0n) is 16.3. The van der Waals surface area contributed by atoms with Gasteiger partial charge >= 0.3 is 0 Å². The Balaban J connectivity index is 1.38. The van der Waals surface area contributed by atoms with Gasteiger partial charge < -0.3 is 9.64 Å². The number of nitrogens with zero attached hydrogens (tertiary/aromatic N) is 3. The van der Waals surface area contributed by atoms with Gasteiger partial charge in [0.2, 0.25) is 10.0 Å². The second kappa shape index (κ2) is 9.86. The molecule has 0 atom stereocenters. The summed E-state index contributed by atoms with van der Waals surface area (Å²) in [6.07, 6.45) is 3.63. The summed E-state index contributed by atoms with van der Waals surface area (Å²) >= 11 is 0. The van der Waals surface area contributed by atoms with Crippen LogP contribution in [-0.2, 0) is 16.6 Å². The Labute approximate surface area is 167 Å². The highest BCUT2D eigenvalue weighted by Crippen LogP contribution is 2.17. The molecular formula is C20H28N4O3S. The Morgan fingerprint density at radius 1 is 1.07 bits per heavy atom. The van der Waals surface area contributed by atoms with Gasteiger partial charge in [0, 0.05) is 45.5 Å². The first-order valence-corrected chi connectivity index (χ1v) is 11.4. The van der Waals surface area contributed by atoms with E-state index in [1.165, 1.54) is 5.56 Å². The van der Waals surface area contributed by atoms with Gasteiger partial charge in [-0.05, 0) is 36.2 Å². The summed E-state index contributed by atoms with van der Waals surface area (Å²) in [5, 5.41) is 0. The van der Waals surface area contributed by atoms with Crippen molar-refractivity contribution in [1.82, 2.24) is 14.6 Å². The summed E-state index contributed by atoms with van der Waals surface area (Å²) in [6.45, 7) is 5.80. The maximum atomic E-state index is 11.0. The van der Waals surface area contributed by atoms with E-state index in [0.29, 0.717) is 19.6 Å². The summed E-state index contributed by atoms with van der Waals surface area (Å²) in [7, 11) is -3.13. The van der Waals surface area contributed by atoms with Gasteiger partial charge in [-0.1, -0.05) is 18.2 Å². The first-order valence-electron chi connectivity index (χ1n) is 9.54. The number of hydrogen-bond acceptors (Lipinski definition) is 6. The number of hydrogen-bond donors (Lipinski definition) is 1. The predicted octanol–water partition coefficient (Wildman–Crippen LogP) is 1.72. The van der Waals surface area contributed by atoms with Crippen LogP contribution in [-0.4, -0.2) is 63.9 Å². The first-order chi connectivity index (χ1) is 13.5. The van der Waals surface area contributed by atoms with E-state index in [2.05, 4.69) is 37.7 Å². The van der Waals surface area contributed by atoms with Crippen LogP contribution in [0.15, 0.2) is 48.7 Å². The van der Waals surface area contributed by atoms with Gasteiger partial charge in [0.1, 0.15) is 11.6 Å². The van der Waals surface area contributed by atoms with Crippen LogP contribution in [0.4, 0.5) is 5.82 Å². The molecule has 1 aliphatic heterocycles. The number of nitrogens with one attached hydrogen (secondary N) is 1. The molecule has 0 aliphatic carbocycles. The average Bonchev–Trinajstić information content (AvgIpc) is 2.69. The molecule has 0 unspecified atom stereocenters. The Bertz CT molecular complexity index is 820. The van der Waals surface area contributed by atoms with Gasteiger partial charge in [-0.2, -0.15) is 0 Å². The van der Waals surface area contributed by atoms with Gasteiger partial charge in [-0.15, -0.1) is 0 Å². The summed E-state index contributed by atoms with van der Waals surface area (Å²) < 4.78 is 30.1. The number of anilines is 1. The number of sulfonamides is 1. The molecule has 0 bridgehead atoms. The Kier molecular flexibility index (Phi) is 7.24. The van der Waals surface area contributed by atoms with Crippen molar-refractivity contribution in [3.8, 4) is 5.75 Å². The SMILES string of the molecule is CS(=O)(=O)NCCCOc1ccc(CN2CCN(c3ccccn3)CC2)cc1. The van der Waals surface area contributed by atoms with E-state index in [9.17, 15) is 8.42 Å². The molecule has 1 N–H and O–H groups in total. The minimum atomic E-state index is -3.13. The normalized spacial score (nSPS) is 15.5. The average molecular weight is 405 g/mol. The molecule has 1 fully saturated rings. The molecule has 28 heavy (non-hydrogen) atoms. The highest BCUT2D eigenvalue weighted by atomic mass is 32.2. The smallest absolute Gasteiger partial charge is 0.208 e. The Morgan fingerprint density at radius 2 is 1.82 bits per heavy atom. The summed E-state index contributed by atoms with van der Waals surface area (Å²) in [4.78, 5) is 9.20. The van der Waals surface area contributed by atoms with E-state index in [-0.39, 0.29) is 0 Å². The van der Waals surface area contributed by atoms with Crippen LogP contribution >= 0.6 is 0 Å². The summed E-state index contributed by atoms with van der Waals surface area (Å²) in [5.41, 5.74) is 1.26. The van der Waals surface area contributed by atoms with Crippen LogP contribution in [0.5, 0.6) is 5.75 Å². The molecule has 0 spiro atoms. The van der Waals surface area contributed by atoms with Crippen molar-refractivity contribution in [2.45, 2.75) is 13.0 Å².